The van der Waals surface area contributed by atoms with E-state index >= 15 is 0 Å². The van der Waals surface area contributed by atoms with Crippen LogP contribution in [-0.4, -0.2) is 34.7 Å². The fraction of sp³-hybridized carbons (Fsp3) is 1.00. The van der Waals surface area contributed by atoms with E-state index in [1.54, 1.807) is 0 Å². The summed E-state index contributed by atoms with van der Waals surface area (Å²) in [5.41, 5.74) is -0.0355. The van der Waals surface area contributed by atoms with Gasteiger partial charge in [0.05, 0.1) is 6.10 Å². The summed E-state index contributed by atoms with van der Waals surface area (Å²) < 4.78 is 0. The molecule has 2 bridgehead atoms. The number of rotatable bonds is 4. The van der Waals surface area contributed by atoms with Gasteiger partial charge in [-0.25, -0.2) is 0 Å². The zero-order valence-electron chi connectivity index (χ0n) is 13.5. The van der Waals surface area contributed by atoms with Gasteiger partial charge in [0.1, 0.15) is 0 Å². The highest BCUT2D eigenvalue weighted by molar-refractivity contribution is 4.96. The summed E-state index contributed by atoms with van der Waals surface area (Å²) >= 11 is 0. The molecule has 3 fully saturated rings. The zero-order chi connectivity index (χ0) is 14.2. The van der Waals surface area contributed by atoms with Crippen LogP contribution in [0.1, 0.15) is 71.6 Å². The van der Waals surface area contributed by atoms with Crippen LogP contribution in [0, 0.1) is 17.8 Å². The fourth-order valence-corrected chi connectivity index (χ4v) is 5.10. The van der Waals surface area contributed by atoms with Crippen LogP contribution >= 0.6 is 0 Å². The van der Waals surface area contributed by atoms with E-state index in [-0.39, 0.29) is 11.6 Å². The molecule has 1 aliphatic heterocycles. The van der Waals surface area contributed by atoms with Gasteiger partial charge in [-0.05, 0) is 83.2 Å². The van der Waals surface area contributed by atoms with Crippen LogP contribution in [-0.2, 0) is 0 Å². The first kappa shape index (κ1) is 14.8. The topological polar surface area (TPSA) is 23.5 Å². The second-order valence-electron chi connectivity index (χ2n) is 8.24. The molecule has 0 spiro atoms. The van der Waals surface area contributed by atoms with E-state index in [0.29, 0.717) is 0 Å². The molecule has 20 heavy (non-hydrogen) atoms. The number of aliphatic hydroxyl groups excluding tert-OH is 1. The molecule has 1 N–H and O–H groups in total. The summed E-state index contributed by atoms with van der Waals surface area (Å²) in [5.74, 6) is 2.75. The van der Waals surface area contributed by atoms with Crippen molar-refractivity contribution >= 4 is 0 Å². The van der Waals surface area contributed by atoms with Crippen molar-refractivity contribution in [3.8, 4) is 0 Å². The Kier molecular flexibility index (Phi) is 4.42. The van der Waals surface area contributed by atoms with E-state index in [1.165, 1.54) is 64.5 Å². The van der Waals surface area contributed by atoms with Crippen molar-refractivity contribution in [1.29, 1.82) is 0 Å². The van der Waals surface area contributed by atoms with E-state index in [1.807, 2.05) is 0 Å². The molecular weight excluding hydrogens is 246 g/mol. The molecule has 1 heterocycles. The summed E-state index contributed by atoms with van der Waals surface area (Å²) in [6, 6.07) is 0. The van der Waals surface area contributed by atoms with E-state index in [2.05, 4.69) is 18.7 Å². The molecule has 3 rings (SSSR count). The van der Waals surface area contributed by atoms with E-state index in [0.717, 1.165) is 24.2 Å². The van der Waals surface area contributed by atoms with Crippen molar-refractivity contribution in [1.82, 2.24) is 4.90 Å². The number of hydrogen-bond acceptors (Lipinski definition) is 2. The van der Waals surface area contributed by atoms with E-state index in [4.69, 9.17) is 0 Å². The highest BCUT2D eigenvalue weighted by Gasteiger charge is 2.43. The lowest BCUT2D eigenvalue weighted by Gasteiger charge is -2.43. The number of nitrogens with zero attached hydrogens (tertiary/aromatic N) is 1. The summed E-state index contributed by atoms with van der Waals surface area (Å²) in [6.45, 7) is 6.91. The second-order valence-corrected chi connectivity index (χ2v) is 8.24. The van der Waals surface area contributed by atoms with Gasteiger partial charge in [0.25, 0.3) is 0 Å². The normalized spacial score (nSPS) is 37.0. The Labute approximate surface area is 124 Å². The summed E-state index contributed by atoms with van der Waals surface area (Å²) in [4.78, 5) is 2.57. The van der Waals surface area contributed by atoms with Crippen molar-refractivity contribution in [2.75, 3.05) is 13.1 Å². The average Bonchev–Trinajstić information content (AvgIpc) is 2.91. The van der Waals surface area contributed by atoms with Crippen LogP contribution in [0.3, 0.4) is 0 Å². The Morgan fingerprint density at radius 2 is 1.75 bits per heavy atom. The highest BCUT2D eigenvalue weighted by atomic mass is 16.3. The van der Waals surface area contributed by atoms with Gasteiger partial charge in [-0.3, -0.25) is 4.90 Å². The minimum atomic E-state index is -0.148. The van der Waals surface area contributed by atoms with Gasteiger partial charge < -0.3 is 5.11 Å². The maximum absolute atomic E-state index is 10.9. The molecule has 2 saturated carbocycles. The van der Waals surface area contributed by atoms with Gasteiger partial charge in [-0.1, -0.05) is 19.3 Å². The molecule has 2 heteroatoms. The molecule has 3 aliphatic rings. The molecule has 2 nitrogen and oxygen atoms in total. The standard InChI is InChI=1S/C18H33NO/c1-18(2,19-9-5-3-4-6-10-19)17(20)13-16-12-14-7-8-15(16)11-14/h14-17,20H,3-13H2,1-2H3. The lowest BCUT2D eigenvalue weighted by atomic mass is 9.80. The third-order valence-corrected chi connectivity index (χ3v) is 6.65. The van der Waals surface area contributed by atoms with Gasteiger partial charge in [-0.15, -0.1) is 0 Å². The molecular formula is C18H33NO. The van der Waals surface area contributed by atoms with Crippen LogP contribution in [0.4, 0.5) is 0 Å². The van der Waals surface area contributed by atoms with Crippen molar-refractivity contribution in [2.24, 2.45) is 17.8 Å². The molecule has 0 aromatic carbocycles. The third-order valence-electron chi connectivity index (χ3n) is 6.65. The van der Waals surface area contributed by atoms with Gasteiger partial charge in [0, 0.05) is 5.54 Å². The van der Waals surface area contributed by atoms with Gasteiger partial charge >= 0.3 is 0 Å². The lowest BCUT2D eigenvalue weighted by molar-refractivity contribution is -0.0250. The molecule has 4 unspecified atom stereocenters. The molecule has 116 valence electrons. The Morgan fingerprint density at radius 1 is 1.05 bits per heavy atom. The van der Waals surface area contributed by atoms with E-state index in [9.17, 15) is 5.11 Å². The first-order valence-corrected chi connectivity index (χ1v) is 9.00. The number of fused-ring (bicyclic) bond motifs is 2. The van der Waals surface area contributed by atoms with Crippen LogP contribution in [0.5, 0.6) is 0 Å². The van der Waals surface area contributed by atoms with Gasteiger partial charge in [-0.2, -0.15) is 0 Å². The Hall–Kier alpha value is -0.0800. The molecule has 0 amide bonds. The number of hydrogen-bond donors (Lipinski definition) is 1. The third kappa shape index (κ3) is 2.92. The van der Waals surface area contributed by atoms with Crippen LogP contribution in [0.15, 0.2) is 0 Å². The molecule has 4 atom stereocenters. The van der Waals surface area contributed by atoms with Crippen LogP contribution < -0.4 is 0 Å². The Morgan fingerprint density at radius 3 is 2.30 bits per heavy atom. The fourth-order valence-electron chi connectivity index (χ4n) is 5.10. The Bertz CT molecular complexity index is 319. The molecule has 1 saturated heterocycles. The molecule has 0 aromatic heterocycles. The largest absolute Gasteiger partial charge is 0.391 e. The maximum atomic E-state index is 10.9. The smallest absolute Gasteiger partial charge is 0.0721 e. The van der Waals surface area contributed by atoms with E-state index < -0.39 is 0 Å². The lowest BCUT2D eigenvalue weighted by Crippen LogP contribution is -2.53. The average molecular weight is 279 g/mol. The summed E-state index contributed by atoms with van der Waals surface area (Å²) in [5, 5.41) is 10.9. The zero-order valence-corrected chi connectivity index (χ0v) is 13.5. The van der Waals surface area contributed by atoms with Crippen molar-refractivity contribution in [2.45, 2.75) is 83.3 Å². The quantitative estimate of drug-likeness (QED) is 0.845. The minimum Gasteiger partial charge on any atom is -0.391 e. The first-order valence-electron chi connectivity index (χ1n) is 9.00. The SMILES string of the molecule is CC(C)(C(O)CC1CC2CCC1C2)N1CCCCCC1. The van der Waals surface area contributed by atoms with Crippen molar-refractivity contribution in [3.63, 3.8) is 0 Å². The highest BCUT2D eigenvalue weighted by Crippen LogP contribution is 2.50. The first-order chi connectivity index (χ1) is 9.57. The van der Waals surface area contributed by atoms with Crippen LogP contribution in [0.25, 0.3) is 0 Å². The summed E-state index contributed by atoms with van der Waals surface area (Å²) in [6.07, 6.45) is 12.0. The second kappa shape index (κ2) is 5.96. The van der Waals surface area contributed by atoms with Crippen molar-refractivity contribution in [3.05, 3.63) is 0 Å². The van der Waals surface area contributed by atoms with Crippen LogP contribution in [0.2, 0.25) is 0 Å². The Balaban J connectivity index is 1.58. The number of aliphatic hydroxyl groups is 1. The maximum Gasteiger partial charge on any atom is 0.0721 e. The van der Waals surface area contributed by atoms with Gasteiger partial charge in [0.15, 0.2) is 0 Å². The molecule has 0 aromatic rings. The molecule has 0 radical (unpaired) electrons. The summed E-state index contributed by atoms with van der Waals surface area (Å²) in [7, 11) is 0. The number of likely N-dealkylation sites (tertiary alicyclic amines) is 1. The predicted molar refractivity (Wildman–Crippen MR) is 83.7 cm³/mol. The van der Waals surface area contributed by atoms with Crippen molar-refractivity contribution < 1.29 is 5.11 Å². The van der Waals surface area contributed by atoms with Gasteiger partial charge in [0.2, 0.25) is 0 Å². The minimum absolute atomic E-state index is 0.0355. The monoisotopic (exact) mass is 279 g/mol. The molecule has 2 aliphatic carbocycles. The predicted octanol–water partition coefficient (Wildman–Crippen LogP) is 3.83.